The van der Waals surface area contributed by atoms with Crippen LogP contribution in [0.5, 0.6) is 5.75 Å². The molecule has 0 atom stereocenters. The first-order valence-electron chi connectivity index (χ1n) is 10.6. The zero-order chi connectivity index (χ0) is 18.9. The van der Waals surface area contributed by atoms with Gasteiger partial charge in [-0.25, -0.2) is 0 Å². The summed E-state index contributed by atoms with van der Waals surface area (Å²) < 4.78 is 28.9. The fourth-order valence-electron chi connectivity index (χ4n) is 3.14. The first-order valence-corrected chi connectivity index (χ1v) is 12.2. The van der Waals surface area contributed by atoms with Crippen molar-refractivity contribution < 1.29 is 15.5 Å². The molecule has 1 rings (SSSR count). The van der Waals surface area contributed by atoms with E-state index >= 15 is 0 Å². The Morgan fingerprint density at radius 1 is 0.704 bits per heavy atom. The Morgan fingerprint density at radius 2 is 1.11 bits per heavy atom. The van der Waals surface area contributed by atoms with Crippen molar-refractivity contribution in [2.75, 3.05) is 5.75 Å². The summed E-state index contributed by atoms with van der Waals surface area (Å²) in [6.45, 7) is 2.26. The molecule has 0 aliphatic carbocycles. The van der Waals surface area contributed by atoms with Gasteiger partial charge in [-0.15, -0.1) is 0 Å². The molecule has 0 aliphatic rings. The molecule has 154 valence electrons. The van der Waals surface area contributed by atoms with Crippen LogP contribution in [0.2, 0.25) is 0 Å². The van der Waals surface area contributed by atoms with Crippen molar-refractivity contribution in [3.63, 3.8) is 0 Å². The third-order valence-corrected chi connectivity index (χ3v) is 5.95. The van der Waals surface area contributed by atoms with E-state index in [4.69, 9.17) is 4.18 Å². The molecule has 5 heteroatoms. The van der Waals surface area contributed by atoms with Gasteiger partial charge in [0, 0.05) is 0 Å². The fourth-order valence-corrected chi connectivity index (χ4v) is 4.18. The molecule has 1 aromatic carbocycles. The van der Waals surface area contributed by atoms with E-state index in [1.165, 1.54) is 70.6 Å². The second kappa shape index (κ2) is 18.3. The average Bonchev–Trinajstić information content (AvgIpc) is 2.62. The molecule has 0 unspecified atom stereocenters. The molecule has 0 aliphatic heterocycles. The number of para-hydroxylation sites is 1. The molecule has 3 nitrogen and oxygen atoms in total. The van der Waals surface area contributed by atoms with Crippen molar-refractivity contribution in [3.8, 4) is 5.75 Å². The minimum absolute atomic E-state index is 0. The Labute approximate surface area is 200 Å². The number of rotatable bonds is 17. The standard InChI is InChI=1S/C22H38O3S.Ca.2H/c1-2-3-4-5-6-7-8-9-10-11-12-13-14-18-21-26(23,24)25-22-19-16-15-17-20-22;;;/h15-17,19-20H,2-14,18,21H2,1H3;;;/q;+2;2*-1. The molecule has 27 heavy (non-hydrogen) atoms. The van der Waals surface area contributed by atoms with Gasteiger partial charge in [0.15, 0.2) is 0 Å². The van der Waals surface area contributed by atoms with Crippen LogP contribution in [0.4, 0.5) is 0 Å². The third-order valence-electron chi connectivity index (χ3n) is 4.71. The topological polar surface area (TPSA) is 43.4 Å². The van der Waals surface area contributed by atoms with E-state index in [1.54, 1.807) is 24.3 Å². The predicted octanol–water partition coefficient (Wildman–Crippen LogP) is 6.72. The van der Waals surface area contributed by atoms with Crippen molar-refractivity contribution in [2.45, 2.75) is 96.8 Å². The largest absolute Gasteiger partial charge is 2.00 e. The zero-order valence-electron chi connectivity index (χ0n) is 19.3. The molecule has 0 heterocycles. The van der Waals surface area contributed by atoms with E-state index < -0.39 is 10.1 Å². The molecule has 0 fully saturated rings. The van der Waals surface area contributed by atoms with E-state index in [2.05, 4.69) is 6.92 Å². The number of hydrogen-bond acceptors (Lipinski definition) is 3. The molecule has 0 aromatic heterocycles. The van der Waals surface area contributed by atoms with Gasteiger partial charge in [-0.3, -0.25) is 0 Å². The van der Waals surface area contributed by atoms with Crippen LogP contribution in [-0.2, 0) is 10.1 Å². The first-order chi connectivity index (χ1) is 12.6. The summed E-state index contributed by atoms with van der Waals surface area (Å²) in [5, 5.41) is 0. The van der Waals surface area contributed by atoms with E-state index in [0.717, 1.165) is 12.8 Å². The van der Waals surface area contributed by atoms with Gasteiger partial charge in [-0.1, -0.05) is 109 Å². The summed E-state index contributed by atoms with van der Waals surface area (Å²) in [5.74, 6) is 0.512. The van der Waals surface area contributed by atoms with Crippen LogP contribution in [0.3, 0.4) is 0 Å². The van der Waals surface area contributed by atoms with Crippen LogP contribution in [-0.4, -0.2) is 51.9 Å². The van der Waals surface area contributed by atoms with Crippen LogP contribution in [0.15, 0.2) is 30.3 Å². The molecule has 0 amide bonds. The minimum Gasteiger partial charge on any atom is -1.00 e. The smallest absolute Gasteiger partial charge is 1.00 e. The van der Waals surface area contributed by atoms with Gasteiger partial charge in [0.2, 0.25) is 0 Å². The van der Waals surface area contributed by atoms with Gasteiger partial charge in [-0.05, 0) is 18.6 Å². The maximum Gasteiger partial charge on any atom is 2.00 e. The van der Waals surface area contributed by atoms with Gasteiger partial charge in [0.25, 0.3) is 0 Å². The quantitative estimate of drug-likeness (QED) is 0.158. The Kier molecular flexibility index (Phi) is 18.4. The van der Waals surface area contributed by atoms with Crippen molar-refractivity contribution in [1.29, 1.82) is 0 Å². The van der Waals surface area contributed by atoms with E-state index in [0.29, 0.717) is 12.2 Å². The zero-order valence-corrected chi connectivity index (χ0v) is 20.4. The Balaban J connectivity index is -0.00000225. The van der Waals surface area contributed by atoms with Crippen LogP contribution in [0.25, 0.3) is 0 Å². The summed E-state index contributed by atoms with van der Waals surface area (Å²) in [6, 6.07) is 8.73. The normalized spacial score (nSPS) is 11.1. The molecular weight excluding hydrogens is 384 g/mol. The predicted molar refractivity (Wildman–Crippen MR) is 119 cm³/mol. The Hall–Kier alpha value is 0.230. The fraction of sp³-hybridized carbons (Fsp3) is 0.727. The van der Waals surface area contributed by atoms with Gasteiger partial charge in [0.05, 0.1) is 5.75 Å². The molecule has 0 radical (unpaired) electrons. The van der Waals surface area contributed by atoms with Crippen LogP contribution >= 0.6 is 0 Å². The molecular formula is C22H40CaO3S. The summed E-state index contributed by atoms with van der Waals surface area (Å²) in [7, 11) is -3.45. The molecule has 0 saturated carbocycles. The maximum absolute atomic E-state index is 11.9. The number of unbranched alkanes of at least 4 members (excludes halogenated alkanes) is 13. The SMILES string of the molecule is CCCCCCCCCCCCCCCCS(=O)(=O)Oc1ccccc1.[Ca+2].[H-].[H-]. The average molecular weight is 425 g/mol. The van der Waals surface area contributed by atoms with E-state index in [1.807, 2.05) is 6.07 Å². The molecule has 0 N–H and O–H groups in total. The monoisotopic (exact) mass is 424 g/mol. The molecule has 1 aromatic rings. The second-order valence-corrected chi connectivity index (χ2v) is 8.94. The van der Waals surface area contributed by atoms with Gasteiger partial charge in [-0.2, -0.15) is 8.42 Å². The van der Waals surface area contributed by atoms with Crippen molar-refractivity contribution in [3.05, 3.63) is 30.3 Å². The second-order valence-electron chi connectivity index (χ2n) is 7.25. The third kappa shape index (κ3) is 16.9. The van der Waals surface area contributed by atoms with Gasteiger partial charge < -0.3 is 7.04 Å². The summed E-state index contributed by atoms with van der Waals surface area (Å²) in [4.78, 5) is 0. The van der Waals surface area contributed by atoms with Crippen LogP contribution < -0.4 is 4.18 Å². The van der Waals surface area contributed by atoms with Gasteiger partial charge in [0.1, 0.15) is 5.75 Å². The number of hydrogen-bond donors (Lipinski definition) is 0. The summed E-state index contributed by atoms with van der Waals surface area (Å²) in [6.07, 6.45) is 17.7. The van der Waals surface area contributed by atoms with Crippen LogP contribution in [0, 0.1) is 0 Å². The molecule has 0 bridgehead atoms. The van der Waals surface area contributed by atoms with Crippen molar-refractivity contribution in [2.24, 2.45) is 0 Å². The Morgan fingerprint density at radius 3 is 1.56 bits per heavy atom. The van der Waals surface area contributed by atoms with Crippen molar-refractivity contribution >= 4 is 47.9 Å². The van der Waals surface area contributed by atoms with E-state index in [-0.39, 0.29) is 46.3 Å². The maximum atomic E-state index is 11.9. The molecule has 0 spiro atoms. The van der Waals surface area contributed by atoms with E-state index in [9.17, 15) is 8.42 Å². The summed E-state index contributed by atoms with van der Waals surface area (Å²) in [5.41, 5.74) is 0. The van der Waals surface area contributed by atoms with Crippen molar-refractivity contribution in [1.82, 2.24) is 0 Å². The van der Waals surface area contributed by atoms with Crippen LogP contribution in [0.1, 0.15) is 99.7 Å². The molecule has 0 saturated heterocycles. The minimum atomic E-state index is -3.45. The summed E-state index contributed by atoms with van der Waals surface area (Å²) >= 11 is 0. The van der Waals surface area contributed by atoms with Gasteiger partial charge >= 0.3 is 47.9 Å². The number of benzene rings is 1. The first kappa shape index (κ1) is 27.2. The Bertz CT molecular complexity index is 542.